The van der Waals surface area contributed by atoms with Crippen LogP contribution in [-0.2, 0) is 16.6 Å². The van der Waals surface area contributed by atoms with Crippen molar-refractivity contribution in [2.45, 2.75) is 11.4 Å². The fourth-order valence-corrected chi connectivity index (χ4v) is 4.86. The minimum Gasteiger partial charge on any atom is -0.468 e. The summed E-state index contributed by atoms with van der Waals surface area (Å²) < 4.78 is 38.3. The molecule has 0 radical (unpaired) electrons. The molecule has 8 nitrogen and oxygen atoms in total. The molecule has 0 fully saturated rings. The second kappa shape index (κ2) is 8.66. The Balaban J connectivity index is 1.25. The van der Waals surface area contributed by atoms with E-state index in [1.54, 1.807) is 17.5 Å². The van der Waals surface area contributed by atoms with Gasteiger partial charge in [-0.1, -0.05) is 18.2 Å². The number of para-hydroxylation sites is 1. The molecule has 2 N–H and O–H groups in total. The van der Waals surface area contributed by atoms with Gasteiger partial charge in [0.1, 0.15) is 17.0 Å². The lowest BCUT2D eigenvalue weighted by Crippen LogP contribution is -2.23. The number of rotatable bonds is 7. The van der Waals surface area contributed by atoms with Crippen LogP contribution in [0.15, 0.2) is 92.1 Å². The molecule has 33 heavy (non-hydrogen) atoms. The van der Waals surface area contributed by atoms with Crippen molar-refractivity contribution in [3.05, 3.63) is 89.7 Å². The van der Waals surface area contributed by atoms with Crippen LogP contribution in [0, 0.1) is 0 Å². The van der Waals surface area contributed by atoms with E-state index in [0.29, 0.717) is 27.9 Å². The summed E-state index contributed by atoms with van der Waals surface area (Å²) in [5, 5.41) is 5.91. The van der Waals surface area contributed by atoms with E-state index < -0.39 is 15.9 Å². The van der Waals surface area contributed by atoms with E-state index in [1.165, 1.54) is 41.9 Å². The normalized spacial score (nSPS) is 11.6. The van der Waals surface area contributed by atoms with Gasteiger partial charge in [-0.2, -0.15) is 0 Å². The van der Waals surface area contributed by atoms with Gasteiger partial charge in [0.25, 0.3) is 5.91 Å². The van der Waals surface area contributed by atoms with Gasteiger partial charge in [-0.3, -0.25) is 10.1 Å². The summed E-state index contributed by atoms with van der Waals surface area (Å²) in [6, 6.07) is 18.6. The summed E-state index contributed by atoms with van der Waals surface area (Å²) in [6.07, 6.45) is 1.47. The van der Waals surface area contributed by atoms with Gasteiger partial charge in [0, 0.05) is 16.3 Å². The number of benzene rings is 2. The van der Waals surface area contributed by atoms with Gasteiger partial charge in [-0.15, -0.1) is 11.3 Å². The molecule has 0 aliphatic rings. The van der Waals surface area contributed by atoms with Crippen molar-refractivity contribution in [2.75, 3.05) is 5.32 Å². The lowest BCUT2D eigenvalue weighted by atomic mass is 10.2. The van der Waals surface area contributed by atoms with Crippen LogP contribution in [0.3, 0.4) is 0 Å². The summed E-state index contributed by atoms with van der Waals surface area (Å²) in [6.45, 7) is 0.0369. The average molecular weight is 480 g/mol. The van der Waals surface area contributed by atoms with Crippen LogP contribution in [0.25, 0.3) is 22.4 Å². The van der Waals surface area contributed by atoms with Crippen molar-refractivity contribution in [3.8, 4) is 11.5 Å². The maximum atomic E-state index is 12.6. The topological polar surface area (TPSA) is 114 Å². The highest BCUT2D eigenvalue weighted by Gasteiger charge is 2.17. The monoisotopic (exact) mass is 479 g/mol. The highest BCUT2D eigenvalue weighted by atomic mass is 32.2. The van der Waals surface area contributed by atoms with Crippen LogP contribution >= 0.6 is 11.3 Å². The van der Waals surface area contributed by atoms with Crippen molar-refractivity contribution in [1.82, 2.24) is 9.71 Å². The number of nitrogens with one attached hydrogen (secondary N) is 2. The molecule has 3 aromatic heterocycles. The lowest BCUT2D eigenvalue weighted by molar-refractivity contribution is 0.102. The summed E-state index contributed by atoms with van der Waals surface area (Å²) in [5.41, 5.74) is 1.69. The first-order valence-electron chi connectivity index (χ1n) is 9.86. The fraction of sp³-hybridized carbons (Fsp3) is 0.0435. The quantitative estimate of drug-likeness (QED) is 0.344. The Morgan fingerprint density at radius 1 is 1.03 bits per heavy atom. The highest BCUT2D eigenvalue weighted by molar-refractivity contribution is 7.89. The first kappa shape index (κ1) is 21.1. The van der Waals surface area contributed by atoms with Crippen LogP contribution in [0.1, 0.15) is 16.1 Å². The molecule has 3 heterocycles. The molecule has 10 heteroatoms. The van der Waals surface area contributed by atoms with E-state index in [-0.39, 0.29) is 11.4 Å². The predicted octanol–water partition coefficient (Wildman–Crippen LogP) is 4.88. The number of hydrogen-bond donors (Lipinski definition) is 2. The minimum atomic E-state index is -3.74. The Morgan fingerprint density at radius 2 is 1.85 bits per heavy atom. The third-order valence-electron chi connectivity index (χ3n) is 4.85. The summed E-state index contributed by atoms with van der Waals surface area (Å²) in [4.78, 5) is 17.1. The Hall–Kier alpha value is -3.73. The Labute approximate surface area is 192 Å². The number of aromatic nitrogens is 1. The average Bonchev–Trinajstić information content (AvgIpc) is 3.58. The number of sulfonamides is 1. The number of hydrogen-bond acceptors (Lipinski definition) is 7. The zero-order valence-corrected chi connectivity index (χ0v) is 18.7. The standard InChI is InChI=1S/C23H17N3O5S2/c27-22(15-7-9-18(10-8-15)33(28,29)24-13-17-5-3-11-30-17)26-23-25-19(14-32-23)21-12-16-4-1-2-6-20(16)31-21/h1-12,14,24H,13H2,(H,25,26,27). The smallest absolute Gasteiger partial charge is 0.257 e. The number of nitrogens with zero attached hydrogens (tertiary/aromatic N) is 1. The lowest BCUT2D eigenvalue weighted by Gasteiger charge is -2.07. The van der Waals surface area contributed by atoms with Crippen molar-refractivity contribution in [1.29, 1.82) is 0 Å². The molecule has 0 bridgehead atoms. The molecule has 0 aliphatic carbocycles. The Morgan fingerprint density at radius 3 is 2.61 bits per heavy atom. The molecular formula is C23H17N3O5S2. The first-order valence-corrected chi connectivity index (χ1v) is 12.2. The van der Waals surface area contributed by atoms with Crippen molar-refractivity contribution >= 4 is 43.4 Å². The summed E-state index contributed by atoms with van der Waals surface area (Å²) in [7, 11) is -3.74. The molecule has 0 saturated heterocycles. The van der Waals surface area contributed by atoms with Crippen LogP contribution < -0.4 is 10.0 Å². The van der Waals surface area contributed by atoms with Gasteiger partial charge in [0.05, 0.1) is 17.7 Å². The molecule has 2 aromatic carbocycles. The van der Waals surface area contributed by atoms with E-state index in [9.17, 15) is 13.2 Å². The maximum Gasteiger partial charge on any atom is 0.257 e. The zero-order valence-electron chi connectivity index (χ0n) is 17.0. The van der Waals surface area contributed by atoms with Gasteiger partial charge < -0.3 is 8.83 Å². The highest BCUT2D eigenvalue weighted by Crippen LogP contribution is 2.30. The summed E-state index contributed by atoms with van der Waals surface area (Å²) >= 11 is 1.27. The van der Waals surface area contributed by atoms with E-state index in [1.807, 2.05) is 30.3 Å². The van der Waals surface area contributed by atoms with Gasteiger partial charge in [-0.05, 0) is 48.5 Å². The fourth-order valence-electron chi connectivity index (χ4n) is 3.17. The third-order valence-corrected chi connectivity index (χ3v) is 7.02. The van der Waals surface area contributed by atoms with Gasteiger partial charge in [0.2, 0.25) is 10.0 Å². The second-order valence-electron chi connectivity index (χ2n) is 7.07. The van der Waals surface area contributed by atoms with Crippen LogP contribution in [-0.4, -0.2) is 19.3 Å². The molecule has 1 amide bonds. The number of thiazole rings is 1. The predicted molar refractivity (Wildman–Crippen MR) is 124 cm³/mol. The number of carbonyl (C=O) groups excluding carboxylic acids is 1. The number of furan rings is 2. The minimum absolute atomic E-state index is 0.0369. The number of amides is 1. The molecule has 5 rings (SSSR count). The largest absolute Gasteiger partial charge is 0.468 e. The van der Waals surface area contributed by atoms with Crippen molar-refractivity contribution < 1.29 is 22.0 Å². The molecular weight excluding hydrogens is 462 g/mol. The van der Waals surface area contributed by atoms with Crippen LogP contribution in [0.5, 0.6) is 0 Å². The molecule has 0 aliphatic heterocycles. The Kier molecular flexibility index (Phi) is 5.55. The third kappa shape index (κ3) is 4.58. The molecule has 0 atom stereocenters. The second-order valence-corrected chi connectivity index (χ2v) is 9.69. The summed E-state index contributed by atoms with van der Waals surface area (Å²) in [5.74, 6) is 0.720. The van der Waals surface area contributed by atoms with Crippen molar-refractivity contribution in [3.63, 3.8) is 0 Å². The molecule has 0 saturated carbocycles. The van der Waals surface area contributed by atoms with Gasteiger partial charge in [0.15, 0.2) is 10.9 Å². The number of carbonyl (C=O) groups is 1. The number of anilines is 1. The molecule has 0 unspecified atom stereocenters. The number of fused-ring (bicyclic) bond motifs is 1. The van der Waals surface area contributed by atoms with E-state index in [4.69, 9.17) is 8.83 Å². The van der Waals surface area contributed by atoms with Crippen LogP contribution in [0.2, 0.25) is 0 Å². The Bertz CT molecular complexity index is 1480. The van der Waals surface area contributed by atoms with Gasteiger partial charge >= 0.3 is 0 Å². The zero-order chi connectivity index (χ0) is 22.8. The molecule has 5 aromatic rings. The maximum absolute atomic E-state index is 12.6. The van der Waals surface area contributed by atoms with E-state index in [0.717, 1.165) is 11.0 Å². The van der Waals surface area contributed by atoms with Gasteiger partial charge in [-0.25, -0.2) is 18.1 Å². The van der Waals surface area contributed by atoms with Crippen LogP contribution in [0.4, 0.5) is 5.13 Å². The molecule has 0 spiro atoms. The van der Waals surface area contributed by atoms with E-state index >= 15 is 0 Å². The van der Waals surface area contributed by atoms with E-state index in [2.05, 4.69) is 15.0 Å². The molecule has 166 valence electrons. The first-order chi connectivity index (χ1) is 16.0. The van der Waals surface area contributed by atoms with Crippen molar-refractivity contribution in [2.24, 2.45) is 0 Å². The SMILES string of the molecule is O=C(Nc1nc(-c2cc3ccccc3o2)cs1)c1ccc(S(=O)(=O)NCc2ccco2)cc1.